The highest BCUT2D eigenvalue weighted by Gasteiger charge is 2.13. The Morgan fingerprint density at radius 3 is 2.53 bits per heavy atom. The second-order valence-corrected chi connectivity index (χ2v) is 5.02. The monoisotopic (exact) mass is 295 g/mol. The van der Waals surface area contributed by atoms with Crippen LogP contribution in [0.1, 0.15) is 24.9 Å². The van der Waals surface area contributed by atoms with Gasteiger partial charge in [0.15, 0.2) is 0 Å². The summed E-state index contributed by atoms with van der Waals surface area (Å²) >= 11 is 12.0. The van der Waals surface area contributed by atoms with Crippen LogP contribution in [0.15, 0.2) is 36.4 Å². The van der Waals surface area contributed by atoms with Crippen LogP contribution in [0.25, 0.3) is 0 Å². The third-order valence-corrected chi connectivity index (χ3v) is 3.47. The lowest BCUT2D eigenvalue weighted by Crippen LogP contribution is -2.11. The topological polar surface area (TPSA) is 50.9 Å². The van der Waals surface area contributed by atoms with Gasteiger partial charge in [-0.05, 0) is 18.1 Å². The van der Waals surface area contributed by atoms with E-state index in [0.29, 0.717) is 15.9 Å². The fourth-order valence-corrected chi connectivity index (χ4v) is 2.27. The summed E-state index contributed by atoms with van der Waals surface area (Å²) in [6.07, 6.45) is 0.907. The first kappa shape index (κ1) is 14.0. The van der Waals surface area contributed by atoms with Gasteiger partial charge < -0.3 is 11.1 Å². The molecule has 0 amide bonds. The predicted molar refractivity (Wildman–Crippen MR) is 81.8 cm³/mol. The lowest BCUT2D eigenvalue weighted by Gasteiger charge is -2.19. The van der Waals surface area contributed by atoms with Gasteiger partial charge >= 0.3 is 0 Å². The Hall–Kier alpha value is -1.45. The molecule has 1 aromatic carbocycles. The maximum atomic E-state index is 6.13. The number of rotatable bonds is 4. The quantitative estimate of drug-likeness (QED) is 0.871. The maximum Gasteiger partial charge on any atom is 0.147 e. The Labute approximate surface area is 122 Å². The van der Waals surface area contributed by atoms with Crippen LogP contribution in [0.4, 0.5) is 11.6 Å². The Kier molecular flexibility index (Phi) is 4.51. The van der Waals surface area contributed by atoms with Gasteiger partial charge in [-0.15, -0.1) is 0 Å². The Bertz CT molecular complexity index is 558. The van der Waals surface area contributed by atoms with Crippen LogP contribution in [-0.2, 0) is 0 Å². The van der Waals surface area contributed by atoms with Gasteiger partial charge in [-0.3, -0.25) is 0 Å². The molecule has 3 nitrogen and oxygen atoms in total. The summed E-state index contributed by atoms with van der Waals surface area (Å²) in [7, 11) is 0. The number of anilines is 2. The van der Waals surface area contributed by atoms with E-state index >= 15 is 0 Å². The molecule has 5 heteroatoms. The molecule has 1 heterocycles. The van der Waals surface area contributed by atoms with Crippen molar-refractivity contribution in [2.24, 2.45) is 0 Å². The lowest BCUT2D eigenvalue weighted by molar-refractivity contribution is 0.745. The molecule has 1 atom stereocenters. The number of nitrogens with zero attached hydrogens (tertiary/aromatic N) is 1. The van der Waals surface area contributed by atoms with E-state index in [2.05, 4.69) is 29.4 Å². The minimum absolute atomic E-state index is 0.131. The first-order chi connectivity index (χ1) is 9.11. The van der Waals surface area contributed by atoms with Gasteiger partial charge in [-0.2, -0.15) is 0 Å². The van der Waals surface area contributed by atoms with E-state index in [1.54, 1.807) is 6.07 Å². The number of nitrogens with one attached hydrogen (secondary N) is 1. The van der Waals surface area contributed by atoms with Crippen LogP contribution < -0.4 is 11.1 Å². The molecule has 0 radical (unpaired) electrons. The highest BCUT2D eigenvalue weighted by atomic mass is 35.5. The van der Waals surface area contributed by atoms with E-state index in [1.165, 1.54) is 5.56 Å². The second kappa shape index (κ2) is 6.13. The zero-order valence-corrected chi connectivity index (χ0v) is 12.0. The zero-order valence-electron chi connectivity index (χ0n) is 10.5. The van der Waals surface area contributed by atoms with Crippen molar-refractivity contribution in [2.45, 2.75) is 19.4 Å². The molecule has 1 unspecified atom stereocenters. The minimum atomic E-state index is 0.131. The Morgan fingerprint density at radius 2 is 1.89 bits per heavy atom. The molecule has 0 bridgehead atoms. The fourth-order valence-electron chi connectivity index (χ4n) is 1.85. The van der Waals surface area contributed by atoms with Crippen LogP contribution in [0.2, 0.25) is 10.0 Å². The molecule has 0 aliphatic heterocycles. The van der Waals surface area contributed by atoms with Crippen molar-refractivity contribution in [3.8, 4) is 0 Å². The van der Waals surface area contributed by atoms with Gasteiger partial charge in [0.1, 0.15) is 11.6 Å². The highest BCUT2D eigenvalue weighted by molar-refractivity contribution is 6.37. The summed E-state index contributed by atoms with van der Waals surface area (Å²) in [5.41, 5.74) is 6.88. The van der Waals surface area contributed by atoms with Crippen molar-refractivity contribution in [2.75, 3.05) is 11.1 Å². The van der Waals surface area contributed by atoms with Gasteiger partial charge in [0.2, 0.25) is 0 Å². The Morgan fingerprint density at radius 1 is 1.21 bits per heavy atom. The van der Waals surface area contributed by atoms with Crippen LogP contribution in [0.5, 0.6) is 0 Å². The normalized spacial score (nSPS) is 12.2. The molecule has 1 aromatic heterocycles. The summed E-state index contributed by atoms with van der Waals surface area (Å²) in [6, 6.07) is 11.9. The Balaban J connectivity index is 2.26. The van der Waals surface area contributed by atoms with Crippen LogP contribution in [0.3, 0.4) is 0 Å². The van der Waals surface area contributed by atoms with Crippen molar-refractivity contribution in [1.82, 2.24) is 4.98 Å². The van der Waals surface area contributed by atoms with Gasteiger partial charge in [0.25, 0.3) is 0 Å². The SMILES string of the molecule is CCC(Nc1nc(N)c(Cl)cc1Cl)c1ccccc1. The van der Waals surface area contributed by atoms with Crippen molar-refractivity contribution in [3.63, 3.8) is 0 Å². The van der Waals surface area contributed by atoms with E-state index in [1.807, 2.05) is 18.2 Å². The molecule has 0 aliphatic rings. The molecular weight excluding hydrogens is 281 g/mol. The van der Waals surface area contributed by atoms with Crippen LogP contribution in [-0.4, -0.2) is 4.98 Å². The van der Waals surface area contributed by atoms with E-state index in [0.717, 1.165) is 6.42 Å². The van der Waals surface area contributed by atoms with Crippen molar-refractivity contribution < 1.29 is 0 Å². The number of benzene rings is 1. The van der Waals surface area contributed by atoms with E-state index in [4.69, 9.17) is 28.9 Å². The fraction of sp³-hybridized carbons (Fsp3) is 0.214. The number of hydrogen-bond donors (Lipinski definition) is 2. The maximum absolute atomic E-state index is 6.13. The first-order valence-electron chi connectivity index (χ1n) is 6.04. The zero-order chi connectivity index (χ0) is 13.8. The van der Waals surface area contributed by atoms with Crippen molar-refractivity contribution in [1.29, 1.82) is 0 Å². The third-order valence-electron chi connectivity index (χ3n) is 2.88. The molecule has 0 aliphatic carbocycles. The minimum Gasteiger partial charge on any atom is -0.382 e. The number of nitrogen functional groups attached to an aromatic ring is 1. The highest BCUT2D eigenvalue weighted by Crippen LogP contribution is 2.30. The summed E-state index contributed by atoms with van der Waals surface area (Å²) in [6.45, 7) is 2.10. The number of aromatic nitrogens is 1. The van der Waals surface area contributed by atoms with Gasteiger partial charge in [0, 0.05) is 0 Å². The van der Waals surface area contributed by atoms with E-state index in [9.17, 15) is 0 Å². The van der Waals surface area contributed by atoms with Crippen LogP contribution >= 0.6 is 23.2 Å². The molecule has 0 spiro atoms. The van der Waals surface area contributed by atoms with Gasteiger partial charge in [0.05, 0.1) is 16.1 Å². The molecule has 100 valence electrons. The van der Waals surface area contributed by atoms with Crippen LogP contribution in [0, 0.1) is 0 Å². The lowest BCUT2D eigenvalue weighted by atomic mass is 10.0. The predicted octanol–water partition coefficient (Wildman–Crippen LogP) is 4.53. The molecule has 2 rings (SSSR count). The average molecular weight is 296 g/mol. The molecule has 0 saturated carbocycles. The molecule has 19 heavy (non-hydrogen) atoms. The molecule has 2 aromatic rings. The number of pyridine rings is 1. The first-order valence-corrected chi connectivity index (χ1v) is 6.80. The average Bonchev–Trinajstić information content (AvgIpc) is 2.42. The molecular formula is C14H15Cl2N3. The van der Waals surface area contributed by atoms with Crippen molar-refractivity contribution >= 4 is 34.8 Å². The second-order valence-electron chi connectivity index (χ2n) is 4.20. The van der Waals surface area contributed by atoms with E-state index < -0.39 is 0 Å². The third kappa shape index (κ3) is 3.31. The largest absolute Gasteiger partial charge is 0.382 e. The van der Waals surface area contributed by atoms with E-state index in [-0.39, 0.29) is 11.9 Å². The summed E-state index contributed by atoms with van der Waals surface area (Å²) < 4.78 is 0. The smallest absolute Gasteiger partial charge is 0.147 e. The number of hydrogen-bond acceptors (Lipinski definition) is 3. The molecule has 0 saturated heterocycles. The summed E-state index contributed by atoms with van der Waals surface area (Å²) in [5.74, 6) is 0.829. The summed E-state index contributed by atoms with van der Waals surface area (Å²) in [5, 5.41) is 4.13. The molecule has 0 fully saturated rings. The summed E-state index contributed by atoms with van der Waals surface area (Å²) in [4.78, 5) is 4.19. The molecule has 3 N–H and O–H groups in total. The standard InChI is InChI=1S/C14H15Cl2N3/c1-2-12(9-6-4-3-5-7-9)18-14-11(16)8-10(15)13(17)19-14/h3-8,12H,2H2,1H3,(H3,17,18,19). The number of nitrogens with two attached hydrogens (primary N) is 1. The van der Waals surface area contributed by atoms with Gasteiger partial charge in [-0.1, -0.05) is 60.5 Å². The van der Waals surface area contributed by atoms with Gasteiger partial charge in [-0.25, -0.2) is 4.98 Å². The van der Waals surface area contributed by atoms with Crippen molar-refractivity contribution in [3.05, 3.63) is 52.0 Å². The number of halogens is 2.